The molecule has 0 N–H and O–H groups in total. The van der Waals surface area contributed by atoms with E-state index in [0.29, 0.717) is 13.1 Å². The third-order valence-electron chi connectivity index (χ3n) is 3.94. The van der Waals surface area contributed by atoms with Crippen LogP contribution >= 0.6 is 0 Å². The van der Waals surface area contributed by atoms with Crippen LogP contribution in [0.3, 0.4) is 0 Å². The number of carbonyl (C=O) groups is 1. The maximum absolute atomic E-state index is 13.2. The zero-order valence-electron chi connectivity index (χ0n) is 12.9. The van der Waals surface area contributed by atoms with E-state index < -0.39 is 5.82 Å². The van der Waals surface area contributed by atoms with Gasteiger partial charge in [0.1, 0.15) is 17.7 Å². The Bertz CT molecular complexity index is 700. The first-order valence-electron chi connectivity index (χ1n) is 7.60. The van der Waals surface area contributed by atoms with Crippen LogP contribution in [0.4, 0.5) is 4.39 Å². The van der Waals surface area contributed by atoms with Gasteiger partial charge in [-0.2, -0.15) is 0 Å². The lowest BCUT2D eigenvalue weighted by Gasteiger charge is -2.32. The fourth-order valence-electron chi connectivity index (χ4n) is 2.66. The average Bonchev–Trinajstić information content (AvgIpc) is 2.57. The SMILES string of the molecule is Cc1cnccc1OC1CCN(C(=O)c2cncc(F)c2)CC1. The number of piperidine rings is 1. The second-order valence-corrected chi connectivity index (χ2v) is 5.64. The molecule has 2 aromatic heterocycles. The molecule has 1 saturated heterocycles. The summed E-state index contributed by atoms with van der Waals surface area (Å²) in [5.41, 5.74) is 1.28. The summed E-state index contributed by atoms with van der Waals surface area (Å²) in [5.74, 6) is 0.150. The van der Waals surface area contributed by atoms with E-state index in [1.165, 1.54) is 12.3 Å². The number of aromatic nitrogens is 2. The summed E-state index contributed by atoms with van der Waals surface area (Å²) in [7, 11) is 0. The van der Waals surface area contributed by atoms with Gasteiger partial charge in [0.25, 0.3) is 5.91 Å². The summed E-state index contributed by atoms with van der Waals surface area (Å²) < 4.78 is 19.2. The fraction of sp³-hybridized carbons (Fsp3) is 0.353. The Morgan fingerprint density at radius 3 is 2.74 bits per heavy atom. The van der Waals surface area contributed by atoms with Crippen LogP contribution in [-0.4, -0.2) is 40.0 Å². The number of hydrogen-bond acceptors (Lipinski definition) is 4. The quantitative estimate of drug-likeness (QED) is 0.873. The van der Waals surface area contributed by atoms with Crippen LogP contribution in [0.25, 0.3) is 0 Å². The van der Waals surface area contributed by atoms with Gasteiger partial charge in [-0.05, 0) is 19.1 Å². The topological polar surface area (TPSA) is 55.3 Å². The minimum Gasteiger partial charge on any atom is -0.490 e. The van der Waals surface area contributed by atoms with Crippen molar-refractivity contribution in [3.63, 3.8) is 0 Å². The molecule has 0 radical (unpaired) electrons. The third kappa shape index (κ3) is 3.64. The molecule has 1 aliphatic rings. The van der Waals surface area contributed by atoms with Gasteiger partial charge in [0.15, 0.2) is 0 Å². The van der Waals surface area contributed by atoms with Crippen LogP contribution in [-0.2, 0) is 0 Å². The summed E-state index contributed by atoms with van der Waals surface area (Å²) in [6.45, 7) is 3.13. The van der Waals surface area contributed by atoms with Gasteiger partial charge in [0.05, 0.1) is 11.8 Å². The minimum atomic E-state index is -0.498. The highest BCUT2D eigenvalue weighted by atomic mass is 19.1. The Hall–Kier alpha value is -2.50. The zero-order valence-corrected chi connectivity index (χ0v) is 12.9. The van der Waals surface area contributed by atoms with E-state index in [4.69, 9.17) is 4.74 Å². The van der Waals surface area contributed by atoms with Crippen molar-refractivity contribution in [2.24, 2.45) is 0 Å². The highest BCUT2D eigenvalue weighted by Gasteiger charge is 2.25. The van der Waals surface area contributed by atoms with Gasteiger partial charge < -0.3 is 9.64 Å². The number of halogens is 1. The Balaban J connectivity index is 1.58. The van der Waals surface area contributed by atoms with Crippen molar-refractivity contribution >= 4 is 5.91 Å². The molecule has 0 atom stereocenters. The van der Waals surface area contributed by atoms with Crippen molar-refractivity contribution in [1.29, 1.82) is 0 Å². The molecular formula is C17H18FN3O2. The molecule has 0 unspecified atom stereocenters. The summed E-state index contributed by atoms with van der Waals surface area (Å²) in [5, 5.41) is 0. The number of pyridine rings is 2. The number of aryl methyl sites for hydroxylation is 1. The Labute approximate surface area is 134 Å². The first-order chi connectivity index (χ1) is 11.1. The summed E-state index contributed by atoms with van der Waals surface area (Å²) in [6, 6.07) is 3.07. The summed E-state index contributed by atoms with van der Waals surface area (Å²) in [6.07, 6.45) is 7.53. The average molecular weight is 315 g/mol. The van der Waals surface area contributed by atoms with Crippen molar-refractivity contribution in [2.75, 3.05) is 13.1 Å². The standard InChI is InChI=1S/C17H18FN3O2/c1-12-9-19-5-2-16(12)23-15-3-6-21(7-4-15)17(22)13-8-14(18)11-20-10-13/h2,5,8-11,15H,3-4,6-7H2,1H3. The van der Waals surface area contributed by atoms with Crippen LogP contribution in [0, 0.1) is 12.7 Å². The molecule has 23 heavy (non-hydrogen) atoms. The van der Waals surface area contributed by atoms with Gasteiger partial charge in [-0.25, -0.2) is 4.39 Å². The lowest BCUT2D eigenvalue weighted by Crippen LogP contribution is -2.41. The van der Waals surface area contributed by atoms with Crippen LogP contribution in [0.5, 0.6) is 5.75 Å². The smallest absolute Gasteiger partial charge is 0.255 e. The number of amides is 1. The molecule has 1 aliphatic heterocycles. The molecule has 3 heterocycles. The maximum atomic E-state index is 13.2. The first-order valence-corrected chi connectivity index (χ1v) is 7.60. The van der Waals surface area contributed by atoms with E-state index in [-0.39, 0.29) is 17.6 Å². The Morgan fingerprint density at radius 1 is 1.26 bits per heavy atom. The lowest BCUT2D eigenvalue weighted by atomic mass is 10.1. The van der Waals surface area contributed by atoms with E-state index in [9.17, 15) is 9.18 Å². The molecule has 0 aliphatic carbocycles. The maximum Gasteiger partial charge on any atom is 0.255 e. The van der Waals surface area contributed by atoms with Crippen molar-refractivity contribution < 1.29 is 13.9 Å². The van der Waals surface area contributed by atoms with E-state index in [0.717, 1.165) is 30.4 Å². The van der Waals surface area contributed by atoms with E-state index >= 15 is 0 Å². The zero-order chi connectivity index (χ0) is 16.2. The summed E-state index contributed by atoms with van der Waals surface area (Å²) >= 11 is 0. The highest BCUT2D eigenvalue weighted by molar-refractivity contribution is 5.93. The van der Waals surface area contributed by atoms with Crippen molar-refractivity contribution in [3.8, 4) is 5.75 Å². The summed E-state index contributed by atoms with van der Waals surface area (Å²) in [4.78, 5) is 21.8. The van der Waals surface area contributed by atoms with Crippen LogP contribution < -0.4 is 4.74 Å². The molecule has 0 aromatic carbocycles. The predicted molar refractivity (Wildman–Crippen MR) is 82.7 cm³/mol. The second-order valence-electron chi connectivity index (χ2n) is 5.64. The van der Waals surface area contributed by atoms with Gasteiger partial charge in [0.2, 0.25) is 0 Å². The molecule has 5 nitrogen and oxygen atoms in total. The van der Waals surface area contributed by atoms with Gasteiger partial charge in [-0.15, -0.1) is 0 Å². The largest absolute Gasteiger partial charge is 0.490 e. The number of hydrogen-bond donors (Lipinski definition) is 0. The van der Waals surface area contributed by atoms with Crippen molar-refractivity contribution in [2.45, 2.75) is 25.9 Å². The molecule has 0 spiro atoms. The molecule has 3 rings (SSSR count). The van der Waals surface area contributed by atoms with Crippen LogP contribution in [0.2, 0.25) is 0 Å². The second kappa shape index (κ2) is 6.73. The van der Waals surface area contributed by atoms with E-state index in [2.05, 4.69) is 9.97 Å². The molecule has 2 aromatic rings. The molecule has 120 valence electrons. The van der Waals surface area contributed by atoms with Crippen LogP contribution in [0.1, 0.15) is 28.8 Å². The lowest BCUT2D eigenvalue weighted by molar-refractivity contribution is 0.0593. The monoisotopic (exact) mass is 315 g/mol. The Morgan fingerprint density at radius 2 is 2.04 bits per heavy atom. The van der Waals surface area contributed by atoms with Gasteiger partial charge >= 0.3 is 0 Å². The van der Waals surface area contributed by atoms with Crippen molar-refractivity contribution in [1.82, 2.24) is 14.9 Å². The number of nitrogens with zero attached hydrogens (tertiary/aromatic N) is 3. The van der Waals surface area contributed by atoms with Gasteiger partial charge in [-0.3, -0.25) is 14.8 Å². The number of likely N-dealkylation sites (tertiary alicyclic amines) is 1. The normalized spacial score (nSPS) is 15.5. The van der Waals surface area contributed by atoms with E-state index in [1.54, 1.807) is 17.3 Å². The van der Waals surface area contributed by atoms with Gasteiger partial charge in [-0.1, -0.05) is 0 Å². The number of ether oxygens (including phenoxy) is 1. The molecule has 0 bridgehead atoms. The number of carbonyl (C=O) groups excluding carboxylic acids is 1. The van der Waals surface area contributed by atoms with Crippen LogP contribution in [0.15, 0.2) is 36.9 Å². The molecule has 0 saturated carbocycles. The third-order valence-corrected chi connectivity index (χ3v) is 3.94. The Kier molecular flexibility index (Phi) is 4.50. The molecular weight excluding hydrogens is 297 g/mol. The first kappa shape index (κ1) is 15.4. The predicted octanol–water partition coefficient (Wildman–Crippen LogP) is 2.61. The minimum absolute atomic E-state index is 0.0748. The number of rotatable bonds is 3. The molecule has 6 heteroatoms. The highest BCUT2D eigenvalue weighted by Crippen LogP contribution is 2.22. The fourth-order valence-corrected chi connectivity index (χ4v) is 2.66. The molecule has 1 fully saturated rings. The molecule has 1 amide bonds. The van der Waals surface area contributed by atoms with Crippen molar-refractivity contribution in [3.05, 3.63) is 53.9 Å². The van der Waals surface area contributed by atoms with Gasteiger partial charge in [0, 0.05) is 50.1 Å². The van der Waals surface area contributed by atoms with E-state index in [1.807, 2.05) is 13.0 Å².